The standard InChI is InChI=1S/C17H20O6/c1-10(2)5-6-12-14(23-11(3)18)7-15-16(13(19)8-21-15)17(12)22-9-20-4/h5,7H,6,8-9H2,1-4H3. The van der Waals surface area contributed by atoms with E-state index in [0.717, 1.165) is 5.57 Å². The van der Waals surface area contributed by atoms with E-state index in [4.69, 9.17) is 18.9 Å². The highest BCUT2D eigenvalue weighted by atomic mass is 16.7. The van der Waals surface area contributed by atoms with Gasteiger partial charge in [-0.05, 0) is 20.3 Å². The summed E-state index contributed by atoms with van der Waals surface area (Å²) in [6, 6.07) is 1.56. The van der Waals surface area contributed by atoms with Gasteiger partial charge < -0.3 is 18.9 Å². The van der Waals surface area contributed by atoms with Gasteiger partial charge >= 0.3 is 5.97 Å². The Balaban J connectivity index is 2.59. The number of methoxy groups -OCH3 is 1. The molecule has 0 unspecified atom stereocenters. The SMILES string of the molecule is COCOc1c(CC=C(C)C)c(OC(C)=O)cc2c1C(=O)CO2. The molecule has 23 heavy (non-hydrogen) atoms. The van der Waals surface area contributed by atoms with Crippen molar-refractivity contribution in [2.75, 3.05) is 20.5 Å². The van der Waals surface area contributed by atoms with Gasteiger partial charge in [-0.2, -0.15) is 0 Å². The molecule has 0 atom stereocenters. The Hall–Kier alpha value is -2.34. The van der Waals surface area contributed by atoms with Crippen molar-refractivity contribution in [3.05, 3.63) is 28.8 Å². The summed E-state index contributed by atoms with van der Waals surface area (Å²) in [5.74, 6) is 0.415. The van der Waals surface area contributed by atoms with E-state index >= 15 is 0 Å². The first-order chi connectivity index (χ1) is 10.9. The third-order valence-corrected chi connectivity index (χ3v) is 3.23. The fourth-order valence-corrected chi connectivity index (χ4v) is 2.27. The average molecular weight is 320 g/mol. The lowest BCUT2D eigenvalue weighted by atomic mass is 10.0. The summed E-state index contributed by atoms with van der Waals surface area (Å²) in [6.07, 6.45) is 2.43. The predicted octanol–water partition coefficient (Wildman–Crippen LogP) is 2.68. The molecular formula is C17H20O6. The van der Waals surface area contributed by atoms with Crippen LogP contribution in [0.1, 0.15) is 36.7 Å². The van der Waals surface area contributed by atoms with Gasteiger partial charge in [-0.1, -0.05) is 11.6 Å². The number of allylic oxidation sites excluding steroid dienone is 2. The quantitative estimate of drug-likeness (QED) is 0.347. The number of hydrogen-bond acceptors (Lipinski definition) is 6. The summed E-state index contributed by atoms with van der Waals surface area (Å²) in [6.45, 7) is 5.17. The number of rotatable bonds is 6. The van der Waals surface area contributed by atoms with Crippen LogP contribution in [0.25, 0.3) is 0 Å². The van der Waals surface area contributed by atoms with Crippen LogP contribution < -0.4 is 14.2 Å². The van der Waals surface area contributed by atoms with Crippen LogP contribution in [0.5, 0.6) is 17.2 Å². The fraction of sp³-hybridized carbons (Fsp3) is 0.412. The molecule has 1 heterocycles. The summed E-state index contributed by atoms with van der Waals surface area (Å²) in [5, 5.41) is 0. The van der Waals surface area contributed by atoms with Gasteiger partial charge in [0.1, 0.15) is 22.8 Å². The van der Waals surface area contributed by atoms with Gasteiger partial charge in [0.25, 0.3) is 0 Å². The number of esters is 1. The highest BCUT2D eigenvalue weighted by molar-refractivity contribution is 6.05. The van der Waals surface area contributed by atoms with Crippen molar-refractivity contribution >= 4 is 11.8 Å². The van der Waals surface area contributed by atoms with E-state index in [9.17, 15) is 9.59 Å². The number of benzene rings is 1. The van der Waals surface area contributed by atoms with Gasteiger partial charge in [0.2, 0.25) is 5.78 Å². The third kappa shape index (κ3) is 3.90. The highest BCUT2D eigenvalue weighted by Gasteiger charge is 2.31. The van der Waals surface area contributed by atoms with Gasteiger partial charge in [-0.3, -0.25) is 9.59 Å². The van der Waals surface area contributed by atoms with Crippen LogP contribution in [0, 0.1) is 0 Å². The van der Waals surface area contributed by atoms with E-state index in [2.05, 4.69) is 0 Å². The van der Waals surface area contributed by atoms with Crippen molar-refractivity contribution in [3.8, 4) is 17.2 Å². The van der Waals surface area contributed by atoms with Gasteiger partial charge in [0, 0.05) is 25.7 Å². The summed E-state index contributed by atoms with van der Waals surface area (Å²) in [7, 11) is 1.49. The van der Waals surface area contributed by atoms with Crippen LogP contribution >= 0.6 is 0 Å². The van der Waals surface area contributed by atoms with Crippen molar-refractivity contribution in [1.29, 1.82) is 0 Å². The molecule has 0 spiro atoms. The number of hydrogen-bond donors (Lipinski definition) is 0. The molecule has 6 heteroatoms. The Kier molecular flexibility index (Phi) is 5.39. The van der Waals surface area contributed by atoms with Gasteiger partial charge in [0.05, 0.1) is 0 Å². The lowest BCUT2D eigenvalue weighted by Gasteiger charge is -2.16. The van der Waals surface area contributed by atoms with Crippen LogP contribution in [0.3, 0.4) is 0 Å². The molecule has 0 fully saturated rings. The van der Waals surface area contributed by atoms with Crippen LogP contribution in [-0.2, 0) is 16.0 Å². The summed E-state index contributed by atoms with van der Waals surface area (Å²) < 4.78 is 21.2. The molecule has 6 nitrogen and oxygen atoms in total. The molecule has 124 valence electrons. The molecule has 0 aromatic heterocycles. The minimum absolute atomic E-state index is 0.0228. The molecule has 0 bridgehead atoms. The zero-order valence-electron chi connectivity index (χ0n) is 13.7. The molecule has 1 aliphatic rings. The molecule has 0 radical (unpaired) electrons. The Labute approximate surface area is 135 Å². The van der Waals surface area contributed by atoms with Gasteiger partial charge in [0.15, 0.2) is 13.4 Å². The van der Waals surface area contributed by atoms with Crippen molar-refractivity contribution in [2.45, 2.75) is 27.2 Å². The first kappa shape index (κ1) is 17.0. The van der Waals surface area contributed by atoms with Crippen LogP contribution in [0.15, 0.2) is 17.7 Å². The minimum Gasteiger partial charge on any atom is -0.484 e. The Bertz CT molecular complexity index is 656. The number of ether oxygens (including phenoxy) is 4. The van der Waals surface area contributed by atoms with E-state index in [0.29, 0.717) is 34.8 Å². The molecule has 0 aliphatic carbocycles. The maximum atomic E-state index is 12.1. The van der Waals surface area contributed by atoms with E-state index in [1.165, 1.54) is 14.0 Å². The number of fused-ring (bicyclic) bond motifs is 1. The molecule has 0 saturated carbocycles. The first-order valence-corrected chi connectivity index (χ1v) is 7.23. The fourth-order valence-electron chi connectivity index (χ4n) is 2.27. The second kappa shape index (κ2) is 7.28. The van der Waals surface area contributed by atoms with Crippen molar-refractivity contribution < 1.29 is 28.5 Å². The van der Waals surface area contributed by atoms with Crippen molar-refractivity contribution in [1.82, 2.24) is 0 Å². The second-order valence-corrected chi connectivity index (χ2v) is 5.40. The monoisotopic (exact) mass is 320 g/mol. The topological polar surface area (TPSA) is 71.1 Å². The summed E-state index contributed by atoms with van der Waals surface area (Å²) >= 11 is 0. The predicted molar refractivity (Wildman–Crippen MR) is 83.2 cm³/mol. The molecule has 2 rings (SSSR count). The minimum atomic E-state index is -0.453. The van der Waals surface area contributed by atoms with Crippen LogP contribution in [-0.4, -0.2) is 32.3 Å². The normalized spacial score (nSPS) is 12.4. The van der Waals surface area contributed by atoms with Crippen LogP contribution in [0.2, 0.25) is 0 Å². The average Bonchev–Trinajstić information content (AvgIpc) is 2.83. The van der Waals surface area contributed by atoms with E-state index in [-0.39, 0.29) is 19.2 Å². The Morgan fingerprint density at radius 3 is 2.70 bits per heavy atom. The number of ketones is 1. The summed E-state index contributed by atoms with van der Waals surface area (Å²) in [5.41, 5.74) is 2.09. The molecule has 0 amide bonds. The smallest absolute Gasteiger partial charge is 0.308 e. The number of carbonyl (C=O) groups excluding carboxylic acids is 2. The zero-order valence-corrected chi connectivity index (χ0v) is 13.7. The lowest BCUT2D eigenvalue weighted by Crippen LogP contribution is -2.10. The molecule has 0 N–H and O–H groups in total. The third-order valence-electron chi connectivity index (χ3n) is 3.23. The van der Waals surface area contributed by atoms with Crippen LogP contribution in [0.4, 0.5) is 0 Å². The summed E-state index contributed by atoms with van der Waals surface area (Å²) in [4.78, 5) is 23.5. The first-order valence-electron chi connectivity index (χ1n) is 7.23. The zero-order chi connectivity index (χ0) is 17.0. The largest absolute Gasteiger partial charge is 0.484 e. The van der Waals surface area contributed by atoms with E-state index in [1.54, 1.807) is 6.07 Å². The van der Waals surface area contributed by atoms with Crippen molar-refractivity contribution in [2.24, 2.45) is 0 Å². The Morgan fingerprint density at radius 2 is 2.09 bits per heavy atom. The van der Waals surface area contributed by atoms with E-state index in [1.807, 2.05) is 19.9 Å². The number of carbonyl (C=O) groups is 2. The molecule has 0 saturated heterocycles. The van der Waals surface area contributed by atoms with Gasteiger partial charge in [-0.25, -0.2) is 0 Å². The number of Topliss-reactive ketones (excluding diaryl/α,β-unsaturated/α-hetero) is 1. The molecular weight excluding hydrogens is 300 g/mol. The highest BCUT2D eigenvalue weighted by Crippen LogP contribution is 2.43. The van der Waals surface area contributed by atoms with Gasteiger partial charge in [-0.15, -0.1) is 0 Å². The molecule has 1 aliphatic heterocycles. The molecule has 1 aromatic rings. The van der Waals surface area contributed by atoms with Crippen molar-refractivity contribution in [3.63, 3.8) is 0 Å². The Morgan fingerprint density at radius 1 is 1.35 bits per heavy atom. The maximum absolute atomic E-state index is 12.1. The van der Waals surface area contributed by atoms with E-state index < -0.39 is 5.97 Å². The second-order valence-electron chi connectivity index (χ2n) is 5.40. The lowest BCUT2D eigenvalue weighted by molar-refractivity contribution is -0.131. The molecule has 1 aromatic carbocycles. The maximum Gasteiger partial charge on any atom is 0.308 e.